The normalized spacial score (nSPS) is 12.0. The fraction of sp³-hybridized carbons (Fsp3) is 0.417. The van der Waals surface area contributed by atoms with Crippen LogP contribution in [0.25, 0.3) is 0 Å². The number of sulfonamides is 1. The second-order valence-corrected chi connectivity index (χ2v) is 9.74. The van der Waals surface area contributed by atoms with Crippen molar-refractivity contribution in [3.8, 4) is 5.75 Å². The quantitative estimate of drug-likeness (QED) is 0.491. The number of rotatable bonds is 12. The standard InChI is InChI=1S/C24H32FN3O5S/c1-5-15-26-24(30)22(6-2)27(16-18-7-13-21(33-3)14-8-18)23(29)17-28(34(4,31)32)20-11-9-19(25)10-12-20/h7-14,22H,5-6,15-17H2,1-4H3,(H,26,30). The summed E-state index contributed by atoms with van der Waals surface area (Å²) in [6, 6.07) is 11.1. The van der Waals surface area contributed by atoms with Crippen molar-refractivity contribution in [2.24, 2.45) is 0 Å². The number of nitrogens with one attached hydrogen (secondary N) is 1. The van der Waals surface area contributed by atoms with Crippen molar-refractivity contribution in [3.63, 3.8) is 0 Å². The van der Waals surface area contributed by atoms with E-state index in [1.807, 2.05) is 6.92 Å². The lowest BCUT2D eigenvalue weighted by Gasteiger charge is -2.32. The van der Waals surface area contributed by atoms with Gasteiger partial charge in [0.1, 0.15) is 24.2 Å². The minimum Gasteiger partial charge on any atom is -0.497 e. The number of benzene rings is 2. The summed E-state index contributed by atoms with van der Waals surface area (Å²) >= 11 is 0. The molecule has 0 aliphatic carbocycles. The van der Waals surface area contributed by atoms with Crippen molar-refractivity contribution < 1.29 is 27.1 Å². The third-order valence-electron chi connectivity index (χ3n) is 5.24. The van der Waals surface area contributed by atoms with Crippen LogP contribution in [0.4, 0.5) is 10.1 Å². The summed E-state index contributed by atoms with van der Waals surface area (Å²) in [5.74, 6) is -0.736. The summed E-state index contributed by atoms with van der Waals surface area (Å²) in [6.07, 6.45) is 2.05. The maximum Gasteiger partial charge on any atom is 0.244 e. The molecule has 0 aliphatic heterocycles. The molecule has 1 N–H and O–H groups in total. The number of carbonyl (C=O) groups excluding carboxylic acids is 2. The Bertz CT molecular complexity index is 1060. The third kappa shape index (κ3) is 7.44. The predicted molar refractivity (Wildman–Crippen MR) is 130 cm³/mol. The molecule has 1 atom stereocenters. The van der Waals surface area contributed by atoms with E-state index in [0.29, 0.717) is 18.7 Å². The Hall–Kier alpha value is -3.14. The molecule has 8 nitrogen and oxygen atoms in total. The first-order chi connectivity index (χ1) is 16.1. The monoisotopic (exact) mass is 493 g/mol. The topological polar surface area (TPSA) is 96.0 Å². The van der Waals surface area contributed by atoms with Crippen LogP contribution in [0.15, 0.2) is 48.5 Å². The largest absolute Gasteiger partial charge is 0.497 e. The number of nitrogens with zero attached hydrogens (tertiary/aromatic N) is 2. The Morgan fingerprint density at radius 2 is 1.68 bits per heavy atom. The van der Waals surface area contributed by atoms with Gasteiger partial charge < -0.3 is 15.0 Å². The van der Waals surface area contributed by atoms with Crippen molar-refractivity contribution in [2.75, 3.05) is 30.8 Å². The Balaban J connectivity index is 2.40. The van der Waals surface area contributed by atoms with E-state index in [-0.39, 0.29) is 18.1 Å². The van der Waals surface area contributed by atoms with Gasteiger partial charge in [0, 0.05) is 13.1 Å². The van der Waals surface area contributed by atoms with Gasteiger partial charge in [0.05, 0.1) is 19.1 Å². The number of carbonyl (C=O) groups is 2. The highest BCUT2D eigenvalue weighted by atomic mass is 32.2. The maximum atomic E-state index is 13.5. The highest BCUT2D eigenvalue weighted by Gasteiger charge is 2.31. The van der Waals surface area contributed by atoms with Gasteiger partial charge in [0.25, 0.3) is 0 Å². The van der Waals surface area contributed by atoms with Gasteiger partial charge in [0.15, 0.2) is 0 Å². The van der Waals surface area contributed by atoms with Gasteiger partial charge in [-0.25, -0.2) is 12.8 Å². The Morgan fingerprint density at radius 1 is 1.06 bits per heavy atom. The Labute approximate surface area is 200 Å². The SMILES string of the molecule is CCCNC(=O)C(CC)N(Cc1ccc(OC)cc1)C(=O)CN(c1ccc(F)cc1)S(C)(=O)=O. The summed E-state index contributed by atoms with van der Waals surface area (Å²) in [4.78, 5) is 27.7. The van der Waals surface area contributed by atoms with Gasteiger partial charge in [-0.1, -0.05) is 26.0 Å². The van der Waals surface area contributed by atoms with Crippen LogP contribution in [0.5, 0.6) is 5.75 Å². The van der Waals surface area contributed by atoms with Crippen molar-refractivity contribution in [3.05, 3.63) is 59.9 Å². The first kappa shape index (κ1) is 27.1. The van der Waals surface area contributed by atoms with Crippen LogP contribution in [0, 0.1) is 5.82 Å². The molecule has 0 heterocycles. The van der Waals surface area contributed by atoms with Gasteiger partial charge in [0.2, 0.25) is 21.8 Å². The minimum absolute atomic E-state index is 0.0991. The second-order valence-electron chi connectivity index (χ2n) is 7.83. The first-order valence-electron chi connectivity index (χ1n) is 11.0. The van der Waals surface area contributed by atoms with Crippen LogP contribution >= 0.6 is 0 Å². The van der Waals surface area contributed by atoms with E-state index in [0.717, 1.165) is 34.7 Å². The third-order valence-corrected chi connectivity index (χ3v) is 6.38. The lowest BCUT2D eigenvalue weighted by molar-refractivity contribution is -0.140. The zero-order chi connectivity index (χ0) is 25.3. The molecule has 2 aromatic rings. The van der Waals surface area contributed by atoms with Crippen LogP contribution in [0.2, 0.25) is 0 Å². The van der Waals surface area contributed by atoms with Crippen LogP contribution in [-0.4, -0.2) is 57.6 Å². The van der Waals surface area contributed by atoms with Crippen LogP contribution < -0.4 is 14.4 Å². The molecule has 34 heavy (non-hydrogen) atoms. The van der Waals surface area contributed by atoms with E-state index in [1.54, 1.807) is 38.3 Å². The zero-order valence-corrected chi connectivity index (χ0v) is 20.8. The number of anilines is 1. The molecule has 186 valence electrons. The summed E-state index contributed by atoms with van der Waals surface area (Å²) in [7, 11) is -2.31. The average Bonchev–Trinajstić information content (AvgIpc) is 2.81. The Morgan fingerprint density at radius 3 is 2.18 bits per heavy atom. The molecule has 10 heteroatoms. The lowest BCUT2D eigenvalue weighted by Crippen LogP contribution is -2.52. The molecule has 0 radical (unpaired) electrons. The molecule has 2 rings (SSSR count). The van der Waals surface area contributed by atoms with Crippen LogP contribution in [-0.2, 0) is 26.2 Å². The predicted octanol–water partition coefficient (Wildman–Crippen LogP) is 2.93. The maximum absolute atomic E-state index is 13.5. The fourth-order valence-corrected chi connectivity index (χ4v) is 4.28. The molecule has 0 bridgehead atoms. The molecular formula is C24H32FN3O5S. The minimum atomic E-state index is -3.86. The highest BCUT2D eigenvalue weighted by molar-refractivity contribution is 7.92. The molecule has 0 saturated carbocycles. The fourth-order valence-electron chi connectivity index (χ4n) is 3.43. The second kappa shape index (κ2) is 12.4. The van der Waals surface area contributed by atoms with Gasteiger partial charge in [-0.3, -0.25) is 13.9 Å². The number of ether oxygens (including phenoxy) is 1. The van der Waals surface area contributed by atoms with E-state index in [2.05, 4.69) is 5.32 Å². The van der Waals surface area contributed by atoms with Gasteiger partial charge in [-0.05, 0) is 54.8 Å². The number of amides is 2. The molecular weight excluding hydrogens is 461 g/mol. The number of methoxy groups -OCH3 is 1. The molecule has 2 amide bonds. The van der Waals surface area contributed by atoms with Gasteiger partial charge in [-0.15, -0.1) is 0 Å². The molecule has 2 aromatic carbocycles. The highest BCUT2D eigenvalue weighted by Crippen LogP contribution is 2.21. The van der Waals surface area contributed by atoms with Crippen molar-refractivity contribution >= 4 is 27.5 Å². The van der Waals surface area contributed by atoms with Gasteiger partial charge >= 0.3 is 0 Å². The van der Waals surface area contributed by atoms with E-state index in [4.69, 9.17) is 4.74 Å². The van der Waals surface area contributed by atoms with Crippen molar-refractivity contribution in [1.82, 2.24) is 10.2 Å². The summed E-state index contributed by atoms with van der Waals surface area (Å²) in [5.41, 5.74) is 0.911. The van der Waals surface area contributed by atoms with Crippen molar-refractivity contribution in [1.29, 1.82) is 0 Å². The summed E-state index contributed by atoms with van der Waals surface area (Å²) < 4.78 is 44.4. The molecule has 0 spiro atoms. The molecule has 0 fully saturated rings. The molecule has 0 aromatic heterocycles. The average molecular weight is 494 g/mol. The number of halogens is 1. The smallest absolute Gasteiger partial charge is 0.244 e. The molecule has 0 aliphatic rings. The Kier molecular flexibility index (Phi) is 9.85. The van der Waals surface area contributed by atoms with E-state index in [9.17, 15) is 22.4 Å². The first-order valence-corrected chi connectivity index (χ1v) is 12.9. The van der Waals surface area contributed by atoms with E-state index >= 15 is 0 Å². The summed E-state index contributed by atoms with van der Waals surface area (Å²) in [6.45, 7) is 3.75. The molecule has 1 unspecified atom stereocenters. The number of hydrogen-bond acceptors (Lipinski definition) is 5. The van der Waals surface area contributed by atoms with Gasteiger partial charge in [-0.2, -0.15) is 0 Å². The zero-order valence-electron chi connectivity index (χ0n) is 20.0. The van der Waals surface area contributed by atoms with Crippen LogP contribution in [0.3, 0.4) is 0 Å². The van der Waals surface area contributed by atoms with Crippen molar-refractivity contribution in [2.45, 2.75) is 39.3 Å². The van der Waals surface area contributed by atoms with Crippen LogP contribution in [0.1, 0.15) is 32.3 Å². The number of hydrogen-bond donors (Lipinski definition) is 1. The van der Waals surface area contributed by atoms with E-state index < -0.39 is 34.3 Å². The molecule has 0 saturated heterocycles. The lowest BCUT2D eigenvalue weighted by atomic mass is 10.1. The van der Waals surface area contributed by atoms with E-state index in [1.165, 1.54) is 17.0 Å². The summed E-state index contributed by atoms with van der Waals surface area (Å²) in [5, 5.41) is 2.82.